The molecule has 0 bridgehead atoms. The number of halogens is 1. The molecular weight excluding hydrogens is 553 g/mol. The summed E-state index contributed by atoms with van der Waals surface area (Å²) < 4.78 is 12.3. The predicted octanol–water partition coefficient (Wildman–Crippen LogP) is -0.190. The zero-order valence-corrected chi connectivity index (χ0v) is 19.9. The van der Waals surface area contributed by atoms with Gasteiger partial charge >= 0.3 is 0 Å². The normalized spacial score (nSPS) is 32.7. The van der Waals surface area contributed by atoms with Crippen LogP contribution >= 0.6 is 22.6 Å². The van der Waals surface area contributed by atoms with Crippen LogP contribution < -0.4 is 5.73 Å². The van der Waals surface area contributed by atoms with Gasteiger partial charge < -0.3 is 15.9 Å². The topological polar surface area (TPSA) is 169 Å². The molecule has 0 radical (unpaired) electrons. The summed E-state index contributed by atoms with van der Waals surface area (Å²) >= 11 is 2.01. The van der Waals surface area contributed by atoms with Crippen molar-refractivity contribution in [3.8, 4) is 5.75 Å². The molecule has 3 aliphatic rings. The zero-order chi connectivity index (χ0) is 23.7. The standard InChI is InChI=1S/C21H20INO8S/c1-32(31)6-8-4-11(22)10-3-7-2-9-5-12(24)15(20(23)29)19(28)21(9,30)18(27)13(7)17(26)14(10)16(8)25/h4,7,9,13,15,25,30H,2-3,5-6H2,1H3,(H2,23,29). The quantitative estimate of drug-likeness (QED) is 0.330. The van der Waals surface area contributed by atoms with E-state index in [0.717, 1.165) is 0 Å². The molecule has 1 amide bonds. The van der Waals surface area contributed by atoms with Crippen molar-refractivity contribution in [3.05, 3.63) is 26.3 Å². The van der Waals surface area contributed by atoms with E-state index in [1.807, 2.05) is 22.6 Å². The summed E-state index contributed by atoms with van der Waals surface area (Å²) in [6.07, 6.45) is 1.37. The summed E-state index contributed by atoms with van der Waals surface area (Å²) in [7, 11) is -1.29. The molecule has 0 aromatic heterocycles. The lowest BCUT2D eigenvalue weighted by Crippen LogP contribution is -2.68. The Morgan fingerprint density at radius 3 is 2.50 bits per heavy atom. The Labute approximate surface area is 198 Å². The summed E-state index contributed by atoms with van der Waals surface area (Å²) in [5.41, 5.74) is 3.27. The van der Waals surface area contributed by atoms with Gasteiger partial charge in [0.15, 0.2) is 34.7 Å². The van der Waals surface area contributed by atoms with Crippen LogP contribution in [0, 0.1) is 27.2 Å². The second-order valence-corrected chi connectivity index (χ2v) is 11.3. The number of Topliss-reactive ketones (excluding diaryl/α,β-unsaturated/α-hetero) is 4. The number of rotatable bonds is 3. The number of phenolic OH excluding ortho intramolecular Hbond substituents is 1. The van der Waals surface area contributed by atoms with Crippen molar-refractivity contribution in [2.45, 2.75) is 30.6 Å². The van der Waals surface area contributed by atoms with Gasteiger partial charge in [0.25, 0.3) is 0 Å². The molecule has 11 heteroatoms. The van der Waals surface area contributed by atoms with Gasteiger partial charge in [-0.3, -0.25) is 28.2 Å². The number of nitrogens with two attached hydrogens (primary N) is 1. The molecule has 9 nitrogen and oxygen atoms in total. The first kappa shape index (κ1) is 23.2. The molecule has 0 heterocycles. The fraction of sp³-hybridized carbons (Fsp3) is 0.476. The van der Waals surface area contributed by atoms with Crippen molar-refractivity contribution in [3.63, 3.8) is 0 Å². The van der Waals surface area contributed by atoms with Gasteiger partial charge in [0.2, 0.25) is 5.91 Å². The summed E-state index contributed by atoms with van der Waals surface area (Å²) in [4.78, 5) is 63.7. The van der Waals surface area contributed by atoms with Gasteiger partial charge in [-0.25, -0.2) is 0 Å². The van der Waals surface area contributed by atoms with Crippen LogP contribution in [0.4, 0.5) is 0 Å². The number of fused-ring (bicyclic) bond motifs is 3. The predicted molar refractivity (Wildman–Crippen MR) is 119 cm³/mol. The maximum absolute atomic E-state index is 13.4. The lowest BCUT2D eigenvalue weighted by atomic mass is 9.54. The van der Waals surface area contributed by atoms with Crippen LogP contribution in [0.1, 0.15) is 34.3 Å². The number of carbonyl (C=O) groups is 5. The Bertz CT molecular complexity index is 1150. The van der Waals surface area contributed by atoms with Crippen molar-refractivity contribution in [2.75, 3.05) is 6.26 Å². The molecule has 6 atom stereocenters. The number of aromatic hydroxyl groups is 1. The van der Waals surface area contributed by atoms with Crippen molar-refractivity contribution in [1.29, 1.82) is 0 Å². The summed E-state index contributed by atoms with van der Waals surface area (Å²) in [6.45, 7) is 0. The smallest absolute Gasteiger partial charge is 0.235 e. The lowest BCUT2D eigenvalue weighted by Gasteiger charge is -2.48. The van der Waals surface area contributed by atoms with E-state index >= 15 is 0 Å². The molecule has 2 fully saturated rings. The van der Waals surface area contributed by atoms with Crippen LogP contribution in [0.25, 0.3) is 0 Å². The summed E-state index contributed by atoms with van der Waals surface area (Å²) in [6, 6.07) is 1.65. The largest absolute Gasteiger partial charge is 0.507 e. The number of carbonyl (C=O) groups excluding carboxylic acids is 5. The Morgan fingerprint density at radius 1 is 1.25 bits per heavy atom. The Morgan fingerprint density at radius 2 is 1.91 bits per heavy atom. The van der Waals surface area contributed by atoms with Crippen LogP contribution in [0.2, 0.25) is 0 Å². The molecule has 1 aromatic carbocycles. The Kier molecular flexibility index (Phi) is 5.65. The lowest BCUT2D eigenvalue weighted by molar-refractivity contribution is -0.175. The number of benzene rings is 1. The molecule has 1 aromatic rings. The average Bonchev–Trinajstić information content (AvgIpc) is 2.68. The first-order valence-corrected chi connectivity index (χ1v) is 12.7. The molecular formula is C21H20INO8S. The number of ketones is 4. The Hall–Kier alpha value is -1.99. The van der Waals surface area contributed by atoms with Crippen molar-refractivity contribution < 1.29 is 38.4 Å². The van der Waals surface area contributed by atoms with Crippen LogP contribution in [0.5, 0.6) is 5.75 Å². The maximum Gasteiger partial charge on any atom is 0.235 e. The molecule has 32 heavy (non-hydrogen) atoms. The van der Waals surface area contributed by atoms with Crippen molar-refractivity contribution in [1.82, 2.24) is 0 Å². The average molecular weight is 573 g/mol. The van der Waals surface area contributed by atoms with Gasteiger partial charge in [-0.2, -0.15) is 0 Å². The zero-order valence-electron chi connectivity index (χ0n) is 16.9. The molecule has 4 rings (SSSR count). The number of hydrogen-bond acceptors (Lipinski definition) is 8. The fourth-order valence-corrected chi connectivity index (χ4v) is 6.89. The van der Waals surface area contributed by atoms with Gasteiger partial charge in [0.05, 0.1) is 17.2 Å². The molecule has 6 unspecified atom stereocenters. The molecule has 0 aliphatic heterocycles. The second kappa shape index (κ2) is 7.80. The third-order valence-electron chi connectivity index (χ3n) is 6.79. The van der Waals surface area contributed by atoms with E-state index in [2.05, 4.69) is 0 Å². The number of primary amides is 1. The minimum absolute atomic E-state index is 0.0112. The van der Waals surface area contributed by atoms with Crippen molar-refractivity contribution in [2.24, 2.45) is 29.4 Å². The molecule has 0 saturated heterocycles. The minimum atomic E-state index is -2.66. The second-order valence-electron chi connectivity index (χ2n) is 8.68. The van der Waals surface area contributed by atoms with E-state index in [-0.39, 0.29) is 36.3 Å². The van der Waals surface area contributed by atoms with Gasteiger partial charge in [-0.15, -0.1) is 0 Å². The monoisotopic (exact) mass is 573 g/mol. The first-order valence-electron chi connectivity index (χ1n) is 9.90. The molecule has 170 valence electrons. The Balaban J connectivity index is 1.82. The number of hydrogen-bond donors (Lipinski definition) is 3. The number of amides is 1. The third kappa shape index (κ3) is 3.19. The van der Waals surface area contributed by atoms with Crippen molar-refractivity contribution >= 4 is 62.4 Å². The molecule has 4 N–H and O–H groups in total. The van der Waals surface area contributed by atoms with Gasteiger partial charge in [0.1, 0.15) is 5.75 Å². The number of aliphatic hydroxyl groups is 1. The van der Waals surface area contributed by atoms with Crippen LogP contribution in [-0.4, -0.2) is 55.3 Å². The van der Waals surface area contributed by atoms with Gasteiger partial charge in [-0.05, 0) is 53.0 Å². The van der Waals surface area contributed by atoms with Crippen LogP contribution in [0.15, 0.2) is 6.07 Å². The highest BCUT2D eigenvalue weighted by molar-refractivity contribution is 14.1. The van der Waals surface area contributed by atoms with Crippen LogP contribution in [-0.2, 0) is 42.2 Å². The summed E-state index contributed by atoms with van der Waals surface area (Å²) in [5, 5.41) is 21.9. The first-order chi connectivity index (χ1) is 14.9. The van der Waals surface area contributed by atoms with E-state index < -0.39 is 69.1 Å². The highest BCUT2D eigenvalue weighted by atomic mass is 127. The highest BCUT2D eigenvalue weighted by Crippen LogP contribution is 2.50. The third-order valence-corrected chi connectivity index (χ3v) is 8.47. The van der Waals surface area contributed by atoms with E-state index in [1.54, 1.807) is 6.07 Å². The van der Waals surface area contributed by atoms with Crippen LogP contribution in [0.3, 0.4) is 0 Å². The molecule has 3 aliphatic carbocycles. The molecule has 0 spiro atoms. The van der Waals surface area contributed by atoms with E-state index in [1.165, 1.54) is 6.26 Å². The van der Waals surface area contributed by atoms with Gasteiger partial charge in [-0.1, -0.05) is 0 Å². The van der Waals surface area contributed by atoms with E-state index in [9.17, 15) is 38.4 Å². The fourth-order valence-electron chi connectivity index (χ4n) is 5.37. The highest BCUT2D eigenvalue weighted by Gasteiger charge is 2.66. The molecule has 2 saturated carbocycles. The SMILES string of the molecule is CS(=O)Cc1cc(I)c2c(c1O)C(=O)C1C(=O)C3(O)C(=O)C(C(N)=O)C(=O)CC3CC1C2. The maximum atomic E-state index is 13.4. The van der Waals surface area contributed by atoms with E-state index in [0.29, 0.717) is 14.7 Å². The van der Waals surface area contributed by atoms with E-state index in [4.69, 9.17) is 5.73 Å². The number of phenols is 1. The summed E-state index contributed by atoms with van der Waals surface area (Å²) in [5.74, 6) is -10.3. The van der Waals surface area contributed by atoms with Gasteiger partial charge in [0, 0.05) is 38.5 Å². The minimum Gasteiger partial charge on any atom is -0.507 e.